The minimum atomic E-state index is -0.0458. The molecule has 1 aromatic heterocycles. The van der Waals surface area contributed by atoms with E-state index in [-0.39, 0.29) is 5.41 Å². The van der Waals surface area contributed by atoms with Crippen LogP contribution in [-0.2, 0) is 5.41 Å². The topological polar surface area (TPSA) is 4.93 Å². The fourth-order valence-electron chi connectivity index (χ4n) is 8.61. The van der Waals surface area contributed by atoms with Gasteiger partial charge < -0.3 is 4.57 Å². The molecule has 0 N–H and O–H groups in total. The Morgan fingerprint density at radius 1 is 0.327 bits per heavy atom. The average molecular weight is 664 g/mol. The zero-order valence-electron chi connectivity index (χ0n) is 29.3. The lowest BCUT2D eigenvalue weighted by Gasteiger charge is -2.22. The molecular weight excluding hydrogens is 627 g/mol. The van der Waals surface area contributed by atoms with E-state index in [0.29, 0.717) is 0 Å². The van der Waals surface area contributed by atoms with Crippen LogP contribution in [0.25, 0.3) is 83.1 Å². The van der Waals surface area contributed by atoms with E-state index in [1.807, 2.05) is 0 Å². The van der Waals surface area contributed by atoms with Crippen LogP contribution in [0.4, 0.5) is 0 Å². The van der Waals surface area contributed by atoms with Crippen molar-refractivity contribution in [3.63, 3.8) is 0 Å². The Morgan fingerprint density at radius 3 is 1.54 bits per heavy atom. The summed E-state index contributed by atoms with van der Waals surface area (Å²) >= 11 is 0. The third kappa shape index (κ3) is 4.77. The first kappa shape index (κ1) is 30.4. The number of hydrogen-bond donors (Lipinski definition) is 0. The van der Waals surface area contributed by atoms with Crippen LogP contribution in [0, 0.1) is 0 Å². The maximum Gasteiger partial charge on any atom is 0.0541 e. The van der Waals surface area contributed by atoms with Gasteiger partial charge in [-0.1, -0.05) is 159 Å². The quantitative estimate of drug-likeness (QED) is 0.173. The fraction of sp³-hybridized carbons (Fsp3) is 0.0588. The summed E-state index contributed by atoms with van der Waals surface area (Å²) in [6.45, 7) is 4.71. The first-order valence-electron chi connectivity index (χ1n) is 18.2. The summed E-state index contributed by atoms with van der Waals surface area (Å²) in [5, 5.41) is 2.50. The van der Waals surface area contributed by atoms with Gasteiger partial charge in [0, 0.05) is 21.9 Å². The maximum atomic E-state index is 2.44. The molecule has 10 rings (SSSR count). The molecule has 52 heavy (non-hydrogen) atoms. The summed E-state index contributed by atoms with van der Waals surface area (Å²) in [5.74, 6) is 0. The van der Waals surface area contributed by atoms with Crippen molar-refractivity contribution in [2.45, 2.75) is 19.3 Å². The number of benzene rings is 8. The van der Waals surface area contributed by atoms with Crippen molar-refractivity contribution in [1.29, 1.82) is 0 Å². The third-order valence-corrected chi connectivity index (χ3v) is 11.2. The molecule has 0 atom stereocenters. The van der Waals surface area contributed by atoms with Gasteiger partial charge in [0.1, 0.15) is 0 Å². The highest BCUT2D eigenvalue weighted by atomic mass is 15.0. The molecule has 1 aliphatic carbocycles. The molecule has 0 spiro atoms. The van der Waals surface area contributed by atoms with E-state index in [1.165, 1.54) is 88.6 Å². The minimum Gasteiger partial charge on any atom is -0.309 e. The molecule has 0 aliphatic heterocycles. The summed E-state index contributed by atoms with van der Waals surface area (Å²) in [5.41, 5.74) is 18.8. The fourth-order valence-corrected chi connectivity index (χ4v) is 8.61. The van der Waals surface area contributed by atoms with Crippen molar-refractivity contribution in [2.75, 3.05) is 0 Å². The Kier molecular flexibility index (Phi) is 6.91. The summed E-state index contributed by atoms with van der Waals surface area (Å²) in [6, 6.07) is 69.1. The van der Waals surface area contributed by atoms with Crippen molar-refractivity contribution >= 4 is 21.8 Å². The van der Waals surface area contributed by atoms with Crippen molar-refractivity contribution < 1.29 is 0 Å². The predicted molar refractivity (Wildman–Crippen MR) is 220 cm³/mol. The molecule has 0 amide bonds. The van der Waals surface area contributed by atoms with E-state index in [4.69, 9.17) is 0 Å². The van der Waals surface area contributed by atoms with Crippen LogP contribution >= 0.6 is 0 Å². The van der Waals surface area contributed by atoms with E-state index in [1.54, 1.807) is 0 Å². The summed E-state index contributed by atoms with van der Waals surface area (Å²) in [7, 11) is 0. The first-order chi connectivity index (χ1) is 25.5. The molecule has 1 heteroatoms. The molecule has 1 nitrogen and oxygen atoms in total. The summed E-state index contributed by atoms with van der Waals surface area (Å²) in [4.78, 5) is 0. The maximum absolute atomic E-state index is 2.44. The Balaban J connectivity index is 1.14. The predicted octanol–water partition coefficient (Wildman–Crippen LogP) is 13.8. The van der Waals surface area contributed by atoms with Crippen LogP contribution in [0.15, 0.2) is 188 Å². The highest BCUT2D eigenvalue weighted by molar-refractivity contribution is 6.11. The molecule has 8 aromatic carbocycles. The van der Waals surface area contributed by atoms with Crippen molar-refractivity contribution in [1.82, 2.24) is 4.57 Å². The summed E-state index contributed by atoms with van der Waals surface area (Å²) < 4.78 is 2.44. The SMILES string of the molecule is CC1(C)c2ccccc2-c2ccc(-c3ccccc3-c3ccc4c(c3)c3ccccc3n4-c3cc(-c4ccccc4)cc(-c4ccccc4)c3)cc21. The Bertz CT molecular complexity index is 2740. The Morgan fingerprint density at radius 2 is 0.846 bits per heavy atom. The lowest BCUT2D eigenvalue weighted by atomic mass is 9.81. The monoisotopic (exact) mass is 663 g/mol. The first-order valence-corrected chi connectivity index (χ1v) is 18.2. The highest BCUT2D eigenvalue weighted by Gasteiger charge is 2.35. The van der Waals surface area contributed by atoms with Gasteiger partial charge in [-0.25, -0.2) is 0 Å². The lowest BCUT2D eigenvalue weighted by molar-refractivity contribution is 0.660. The number of para-hydroxylation sites is 1. The standard InChI is InChI=1S/C51H37N/c1-51(2)47-23-13-11-21-43(47)44-27-25-37(33-48(44)51)42-20-10-9-19-41(42)36-26-28-50-46(32-36)45-22-12-14-24-49(45)52(50)40-30-38(34-15-5-3-6-16-34)29-39(31-40)35-17-7-4-8-18-35/h3-33H,1-2H3. The van der Waals surface area contributed by atoms with Crippen molar-refractivity contribution in [3.8, 4) is 61.3 Å². The number of aromatic nitrogens is 1. The van der Waals surface area contributed by atoms with Gasteiger partial charge in [0.25, 0.3) is 0 Å². The minimum absolute atomic E-state index is 0.0458. The van der Waals surface area contributed by atoms with Crippen LogP contribution < -0.4 is 0 Å². The lowest BCUT2D eigenvalue weighted by Crippen LogP contribution is -2.14. The molecule has 0 saturated carbocycles. The second-order valence-corrected chi connectivity index (χ2v) is 14.6. The van der Waals surface area contributed by atoms with Crippen LogP contribution in [0.2, 0.25) is 0 Å². The zero-order valence-corrected chi connectivity index (χ0v) is 29.3. The average Bonchev–Trinajstić information content (AvgIpc) is 3.66. The van der Waals surface area contributed by atoms with Gasteiger partial charge >= 0.3 is 0 Å². The van der Waals surface area contributed by atoms with Crippen LogP contribution in [-0.4, -0.2) is 4.57 Å². The molecular formula is C51H37N. The van der Waals surface area contributed by atoms with Crippen LogP contribution in [0.3, 0.4) is 0 Å². The smallest absolute Gasteiger partial charge is 0.0541 e. The van der Waals surface area contributed by atoms with E-state index >= 15 is 0 Å². The van der Waals surface area contributed by atoms with Gasteiger partial charge in [0.15, 0.2) is 0 Å². The molecule has 0 unspecified atom stereocenters. The number of nitrogens with zero attached hydrogens (tertiary/aromatic N) is 1. The van der Waals surface area contributed by atoms with Gasteiger partial charge in [-0.3, -0.25) is 0 Å². The van der Waals surface area contributed by atoms with E-state index in [9.17, 15) is 0 Å². The Labute approximate surface area is 305 Å². The Hall–Kier alpha value is -6.44. The van der Waals surface area contributed by atoms with Gasteiger partial charge in [0.05, 0.1) is 11.0 Å². The van der Waals surface area contributed by atoms with Crippen molar-refractivity contribution in [2.24, 2.45) is 0 Å². The van der Waals surface area contributed by atoms with E-state index < -0.39 is 0 Å². The highest BCUT2D eigenvalue weighted by Crippen LogP contribution is 2.50. The molecule has 1 aliphatic rings. The van der Waals surface area contributed by atoms with Crippen LogP contribution in [0.5, 0.6) is 0 Å². The third-order valence-electron chi connectivity index (χ3n) is 11.2. The molecule has 0 fully saturated rings. The molecule has 1 heterocycles. The van der Waals surface area contributed by atoms with Crippen LogP contribution in [0.1, 0.15) is 25.0 Å². The molecule has 9 aromatic rings. The molecule has 0 saturated heterocycles. The molecule has 246 valence electrons. The summed E-state index contributed by atoms with van der Waals surface area (Å²) in [6.07, 6.45) is 0. The molecule has 0 bridgehead atoms. The second-order valence-electron chi connectivity index (χ2n) is 14.6. The normalized spacial score (nSPS) is 13.0. The second kappa shape index (κ2) is 11.8. The zero-order chi connectivity index (χ0) is 34.8. The van der Waals surface area contributed by atoms with Crippen molar-refractivity contribution in [3.05, 3.63) is 199 Å². The van der Waals surface area contributed by atoms with E-state index in [0.717, 1.165) is 5.69 Å². The van der Waals surface area contributed by atoms with Gasteiger partial charge in [0.2, 0.25) is 0 Å². The van der Waals surface area contributed by atoms with Gasteiger partial charge in [-0.2, -0.15) is 0 Å². The van der Waals surface area contributed by atoms with E-state index in [2.05, 4.69) is 206 Å². The number of rotatable bonds is 5. The number of fused-ring (bicyclic) bond motifs is 6. The molecule has 0 radical (unpaired) electrons. The van der Waals surface area contributed by atoms with Gasteiger partial charge in [-0.05, 0) is 109 Å². The van der Waals surface area contributed by atoms with Gasteiger partial charge in [-0.15, -0.1) is 0 Å². The number of hydrogen-bond acceptors (Lipinski definition) is 0. The largest absolute Gasteiger partial charge is 0.309 e.